The zero-order chi connectivity index (χ0) is 24.3. The molecule has 2 saturated heterocycles. The molecule has 6 rings (SSSR count). The predicted molar refractivity (Wildman–Crippen MR) is 123 cm³/mol. The highest BCUT2D eigenvalue weighted by atomic mass is 16.6. The first-order valence-electron chi connectivity index (χ1n) is 11.2. The van der Waals surface area contributed by atoms with Crippen molar-refractivity contribution < 1.29 is 18.7 Å². The van der Waals surface area contributed by atoms with Crippen molar-refractivity contribution in [1.82, 2.24) is 15.2 Å². The molecule has 35 heavy (non-hydrogen) atoms. The molecule has 4 heterocycles. The van der Waals surface area contributed by atoms with Gasteiger partial charge in [0.1, 0.15) is 11.8 Å². The molecule has 1 amide bonds. The van der Waals surface area contributed by atoms with Gasteiger partial charge in [0.15, 0.2) is 11.1 Å². The van der Waals surface area contributed by atoms with Crippen molar-refractivity contribution in [3.05, 3.63) is 104 Å². The lowest BCUT2D eigenvalue weighted by Crippen LogP contribution is -2.36. The van der Waals surface area contributed by atoms with E-state index in [4.69, 9.17) is 8.94 Å². The van der Waals surface area contributed by atoms with Gasteiger partial charge in [-0.3, -0.25) is 24.7 Å². The number of benzene rings is 2. The predicted octanol–water partition coefficient (Wildman–Crippen LogP) is 4.03. The Balaban J connectivity index is 1.64. The highest BCUT2D eigenvalue weighted by Crippen LogP contribution is 2.57. The summed E-state index contributed by atoms with van der Waals surface area (Å²) in [5.41, 5.74) is 1.08. The number of hydrazine groups is 1. The Hall–Kier alpha value is -4.31. The molecule has 2 aliphatic rings. The van der Waals surface area contributed by atoms with Crippen LogP contribution in [0.2, 0.25) is 0 Å². The standard InChI is InChI=1S/C25H20N4O6/c1-14-21(29(32)33)25(35-26-14)20-22(15-7-3-2-4-8-15)27-12-11-19(30)28(27)23(20)17-13-34-18-10-6-5-9-16(18)24(17)31/h2-10,13,20,22-23H,11-12H2,1H3. The summed E-state index contributed by atoms with van der Waals surface area (Å²) in [6.07, 6.45) is 1.62. The van der Waals surface area contributed by atoms with Crippen LogP contribution in [0.4, 0.5) is 5.69 Å². The monoisotopic (exact) mass is 472 g/mol. The highest BCUT2D eigenvalue weighted by Gasteiger charge is 2.58. The smallest absolute Gasteiger partial charge is 0.334 e. The Morgan fingerprint density at radius 3 is 2.57 bits per heavy atom. The van der Waals surface area contributed by atoms with E-state index >= 15 is 0 Å². The van der Waals surface area contributed by atoms with Crippen LogP contribution in [0.5, 0.6) is 0 Å². The van der Waals surface area contributed by atoms with Crippen LogP contribution in [-0.4, -0.2) is 32.5 Å². The fourth-order valence-corrected chi connectivity index (χ4v) is 5.44. The Labute approximate surface area is 198 Å². The van der Waals surface area contributed by atoms with E-state index in [1.54, 1.807) is 29.3 Å². The van der Waals surface area contributed by atoms with Gasteiger partial charge >= 0.3 is 5.69 Å². The summed E-state index contributed by atoms with van der Waals surface area (Å²) in [4.78, 5) is 38.3. The van der Waals surface area contributed by atoms with Crippen LogP contribution in [-0.2, 0) is 4.79 Å². The third kappa shape index (κ3) is 3.10. The number of nitrogens with zero attached hydrogens (tertiary/aromatic N) is 4. The maximum Gasteiger partial charge on any atom is 0.334 e. The SMILES string of the molecule is Cc1noc(C2C(c3ccccc3)N3CCC(=O)N3C2c2coc3ccccc3c2=O)c1[N+](=O)[O-]. The molecule has 176 valence electrons. The second-order valence-corrected chi connectivity index (χ2v) is 8.73. The van der Waals surface area contributed by atoms with Crippen LogP contribution in [0.1, 0.15) is 47.0 Å². The highest BCUT2D eigenvalue weighted by molar-refractivity contribution is 5.80. The number of carbonyl (C=O) groups excluding carboxylic acids is 1. The maximum atomic E-state index is 13.7. The summed E-state index contributed by atoms with van der Waals surface area (Å²) in [5, 5.41) is 19.7. The van der Waals surface area contributed by atoms with Crippen LogP contribution in [0, 0.1) is 17.0 Å². The molecule has 10 nitrogen and oxygen atoms in total. The van der Waals surface area contributed by atoms with Crippen molar-refractivity contribution in [3.8, 4) is 0 Å². The third-order valence-corrected chi connectivity index (χ3v) is 6.86. The fourth-order valence-electron chi connectivity index (χ4n) is 5.44. The Morgan fingerprint density at radius 2 is 1.80 bits per heavy atom. The average Bonchev–Trinajstić information content (AvgIpc) is 3.53. The van der Waals surface area contributed by atoms with Crippen molar-refractivity contribution in [2.75, 3.05) is 6.54 Å². The van der Waals surface area contributed by atoms with E-state index in [2.05, 4.69) is 5.16 Å². The van der Waals surface area contributed by atoms with Gasteiger partial charge in [-0.1, -0.05) is 47.6 Å². The molecule has 10 heteroatoms. The number of para-hydroxylation sites is 1. The molecule has 2 fully saturated rings. The third-order valence-electron chi connectivity index (χ3n) is 6.86. The van der Waals surface area contributed by atoms with E-state index in [1.165, 1.54) is 13.2 Å². The number of hydrogen-bond donors (Lipinski definition) is 0. The Bertz CT molecular complexity index is 1530. The largest absolute Gasteiger partial charge is 0.464 e. The van der Waals surface area contributed by atoms with Gasteiger partial charge in [0.05, 0.1) is 33.9 Å². The van der Waals surface area contributed by atoms with E-state index in [1.807, 2.05) is 35.3 Å². The van der Waals surface area contributed by atoms with Crippen molar-refractivity contribution in [3.63, 3.8) is 0 Å². The van der Waals surface area contributed by atoms with Crippen molar-refractivity contribution in [2.24, 2.45) is 0 Å². The second-order valence-electron chi connectivity index (χ2n) is 8.73. The number of fused-ring (bicyclic) bond motifs is 2. The summed E-state index contributed by atoms with van der Waals surface area (Å²) in [6.45, 7) is 1.91. The van der Waals surface area contributed by atoms with Crippen LogP contribution >= 0.6 is 0 Å². The fraction of sp³-hybridized carbons (Fsp3) is 0.240. The Morgan fingerprint density at radius 1 is 1.06 bits per heavy atom. The molecule has 0 N–H and O–H groups in total. The lowest BCUT2D eigenvalue weighted by Gasteiger charge is -2.27. The van der Waals surface area contributed by atoms with Crippen LogP contribution in [0.3, 0.4) is 0 Å². The van der Waals surface area contributed by atoms with Gasteiger partial charge in [-0.15, -0.1) is 0 Å². The number of aromatic nitrogens is 1. The molecule has 0 radical (unpaired) electrons. The van der Waals surface area contributed by atoms with Crippen LogP contribution in [0.25, 0.3) is 11.0 Å². The molecule has 2 aromatic carbocycles. The lowest BCUT2D eigenvalue weighted by molar-refractivity contribution is -0.386. The summed E-state index contributed by atoms with van der Waals surface area (Å²) in [6, 6.07) is 14.9. The lowest BCUT2D eigenvalue weighted by atomic mass is 9.82. The summed E-state index contributed by atoms with van der Waals surface area (Å²) >= 11 is 0. The first-order chi connectivity index (χ1) is 17.0. The minimum atomic E-state index is -0.873. The number of aryl methyl sites for hydroxylation is 1. The number of amides is 1. The average molecular weight is 472 g/mol. The molecule has 2 aliphatic heterocycles. The van der Waals surface area contributed by atoms with Gasteiger partial charge in [0, 0.05) is 13.0 Å². The molecule has 0 aliphatic carbocycles. The van der Waals surface area contributed by atoms with Crippen molar-refractivity contribution in [2.45, 2.75) is 31.3 Å². The van der Waals surface area contributed by atoms with Crippen molar-refractivity contribution in [1.29, 1.82) is 0 Å². The molecule has 0 saturated carbocycles. The van der Waals surface area contributed by atoms with Gasteiger partial charge in [-0.05, 0) is 24.6 Å². The molecule has 0 spiro atoms. The maximum absolute atomic E-state index is 13.7. The second kappa shape index (κ2) is 7.88. The van der Waals surface area contributed by atoms with E-state index in [0.29, 0.717) is 17.5 Å². The minimum absolute atomic E-state index is 0.0288. The molecule has 3 unspecified atom stereocenters. The summed E-state index contributed by atoms with van der Waals surface area (Å²) in [7, 11) is 0. The van der Waals surface area contributed by atoms with E-state index in [0.717, 1.165) is 5.56 Å². The Kier molecular flexibility index (Phi) is 4.78. The first kappa shape index (κ1) is 21.2. The summed E-state index contributed by atoms with van der Waals surface area (Å²) < 4.78 is 11.4. The van der Waals surface area contributed by atoms with Crippen LogP contribution < -0.4 is 5.43 Å². The molecular weight excluding hydrogens is 452 g/mol. The topological polar surface area (TPSA) is 123 Å². The van der Waals surface area contributed by atoms with Crippen LogP contribution in [0.15, 0.2) is 74.6 Å². The quantitative estimate of drug-likeness (QED) is 0.322. The van der Waals surface area contributed by atoms with Gasteiger partial charge in [0.2, 0.25) is 11.7 Å². The van der Waals surface area contributed by atoms with Gasteiger partial charge in [-0.2, -0.15) is 0 Å². The van der Waals surface area contributed by atoms with Crippen molar-refractivity contribution >= 4 is 22.6 Å². The summed E-state index contributed by atoms with van der Waals surface area (Å²) in [5.74, 6) is -0.918. The minimum Gasteiger partial charge on any atom is -0.464 e. The van der Waals surface area contributed by atoms with Gasteiger partial charge < -0.3 is 8.94 Å². The van der Waals surface area contributed by atoms with Gasteiger partial charge in [-0.25, -0.2) is 5.01 Å². The molecule has 3 atom stereocenters. The van der Waals surface area contributed by atoms with E-state index < -0.39 is 22.9 Å². The molecule has 2 aromatic heterocycles. The molecular formula is C25H20N4O6. The van der Waals surface area contributed by atoms with E-state index in [-0.39, 0.29) is 40.5 Å². The first-order valence-corrected chi connectivity index (χ1v) is 11.2. The molecule has 4 aromatic rings. The molecule has 0 bridgehead atoms. The number of hydrogen-bond acceptors (Lipinski definition) is 8. The number of carbonyl (C=O) groups is 1. The zero-order valence-electron chi connectivity index (χ0n) is 18.7. The zero-order valence-corrected chi connectivity index (χ0v) is 18.7. The normalized spacial score (nSPS) is 22.1. The van der Waals surface area contributed by atoms with E-state index in [9.17, 15) is 19.7 Å². The number of nitro groups is 1. The number of rotatable bonds is 4. The van der Waals surface area contributed by atoms with Gasteiger partial charge in [0.25, 0.3) is 0 Å².